The van der Waals surface area contributed by atoms with Gasteiger partial charge in [-0.1, -0.05) is 37.3 Å². The summed E-state index contributed by atoms with van der Waals surface area (Å²) in [5, 5.41) is 9.87. The second-order valence-corrected chi connectivity index (χ2v) is 8.23. The second-order valence-electron chi connectivity index (χ2n) is 8.23. The van der Waals surface area contributed by atoms with Gasteiger partial charge in [0.15, 0.2) is 0 Å². The van der Waals surface area contributed by atoms with Gasteiger partial charge in [0.1, 0.15) is 5.82 Å². The number of halogens is 1. The number of carbonyl (C=O) groups is 1. The molecule has 2 heterocycles. The summed E-state index contributed by atoms with van der Waals surface area (Å²) in [7, 11) is 0. The topological polar surface area (TPSA) is 53.4 Å². The zero-order valence-electron chi connectivity index (χ0n) is 19.0. The van der Waals surface area contributed by atoms with Gasteiger partial charge in [0.2, 0.25) is 6.41 Å². The molecule has 1 aromatic heterocycles. The van der Waals surface area contributed by atoms with Crippen LogP contribution in [0, 0.1) is 19.7 Å². The molecule has 1 aliphatic rings. The zero-order valence-corrected chi connectivity index (χ0v) is 19.0. The van der Waals surface area contributed by atoms with E-state index >= 15 is 0 Å². The molecule has 1 unspecified atom stereocenters. The molecule has 1 aliphatic heterocycles. The number of rotatable bonds is 5. The molecule has 0 saturated carbocycles. The third-order valence-corrected chi connectivity index (χ3v) is 6.07. The summed E-state index contributed by atoms with van der Waals surface area (Å²) in [5.74, 6) is 0.0464. The van der Waals surface area contributed by atoms with Crippen LogP contribution < -0.4 is 0 Å². The smallest absolute Gasteiger partial charge is 0.209 e. The standard InChI is InChI=1S/C21H25NO2.C6H6FN/c1-3-19-15(2)5-4-6-21(19)16-7-8-20(18(11-16)13-23)17-9-10-22(12-17)14-24;1-5-2-3-6(7)4-8-5/h4-8,11,14,17,23H,3,9-10,12-13H2,1-2H3;2-4H,1H3. The minimum absolute atomic E-state index is 0.0358. The minimum Gasteiger partial charge on any atom is -0.392 e. The number of amides is 1. The number of aliphatic hydroxyl groups excluding tert-OH is 1. The van der Waals surface area contributed by atoms with Crippen molar-refractivity contribution in [3.05, 3.63) is 88.5 Å². The lowest BCUT2D eigenvalue weighted by Gasteiger charge is -2.17. The molecular weight excluding hydrogens is 403 g/mol. The lowest BCUT2D eigenvalue weighted by Crippen LogP contribution is -2.17. The van der Waals surface area contributed by atoms with Crippen molar-refractivity contribution >= 4 is 6.41 Å². The maximum atomic E-state index is 12.0. The summed E-state index contributed by atoms with van der Waals surface area (Å²) in [6.45, 7) is 7.74. The predicted molar refractivity (Wildman–Crippen MR) is 126 cm³/mol. The number of aliphatic hydroxyl groups is 1. The molecule has 168 valence electrons. The molecule has 4 rings (SSSR count). The van der Waals surface area contributed by atoms with Crippen molar-refractivity contribution in [1.29, 1.82) is 0 Å². The highest BCUT2D eigenvalue weighted by Gasteiger charge is 2.24. The van der Waals surface area contributed by atoms with Crippen molar-refractivity contribution in [1.82, 2.24) is 9.88 Å². The van der Waals surface area contributed by atoms with Crippen LogP contribution in [-0.4, -0.2) is 34.5 Å². The fraction of sp³-hybridized carbons (Fsp3) is 0.333. The molecule has 5 heteroatoms. The Balaban J connectivity index is 0.000000305. The molecular formula is C27H31FN2O2. The maximum absolute atomic E-state index is 12.0. The first-order valence-corrected chi connectivity index (χ1v) is 11.1. The Hall–Kier alpha value is -3.05. The van der Waals surface area contributed by atoms with E-state index in [9.17, 15) is 14.3 Å². The fourth-order valence-corrected chi connectivity index (χ4v) is 4.34. The maximum Gasteiger partial charge on any atom is 0.209 e. The lowest BCUT2D eigenvalue weighted by molar-refractivity contribution is -0.117. The number of aromatic nitrogens is 1. The molecule has 0 bridgehead atoms. The summed E-state index contributed by atoms with van der Waals surface area (Å²) in [6.07, 6.45) is 4.09. The van der Waals surface area contributed by atoms with Crippen molar-refractivity contribution in [2.45, 2.75) is 46.1 Å². The fourth-order valence-electron chi connectivity index (χ4n) is 4.34. The number of aryl methyl sites for hydroxylation is 2. The molecule has 0 aliphatic carbocycles. The quantitative estimate of drug-likeness (QED) is 0.562. The highest BCUT2D eigenvalue weighted by atomic mass is 19.1. The molecule has 0 radical (unpaired) electrons. The van der Waals surface area contributed by atoms with Crippen LogP contribution >= 0.6 is 0 Å². The van der Waals surface area contributed by atoms with Crippen LogP contribution in [0.15, 0.2) is 54.7 Å². The van der Waals surface area contributed by atoms with Gasteiger partial charge < -0.3 is 10.0 Å². The summed E-state index contributed by atoms with van der Waals surface area (Å²) < 4.78 is 12.0. The molecule has 1 N–H and O–H groups in total. The number of hydrogen-bond donors (Lipinski definition) is 1. The molecule has 1 amide bonds. The second kappa shape index (κ2) is 11.0. The molecule has 1 saturated heterocycles. The summed E-state index contributed by atoms with van der Waals surface area (Å²) >= 11 is 0. The predicted octanol–water partition coefficient (Wildman–Crippen LogP) is 5.19. The van der Waals surface area contributed by atoms with Crippen LogP contribution in [0.5, 0.6) is 0 Å². The number of hydrogen-bond acceptors (Lipinski definition) is 3. The zero-order chi connectivity index (χ0) is 23.1. The Morgan fingerprint density at radius 2 is 2.00 bits per heavy atom. The van der Waals surface area contributed by atoms with E-state index in [1.165, 1.54) is 34.5 Å². The Morgan fingerprint density at radius 1 is 1.19 bits per heavy atom. The van der Waals surface area contributed by atoms with Crippen molar-refractivity contribution in [2.24, 2.45) is 0 Å². The number of likely N-dealkylation sites (tertiary alicyclic amines) is 1. The van der Waals surface area contributed by atoms with Gasteiger partial charge in [0.25, 0.3) is 0 Å². The van der Waals surface area contributed by atoms with Gasteiger partial charge in [-0.2, -0.15) is 0 Å². The minimum atomic E-state index is -0.282. The van der Waals surface area contributed by atoms with E-state index in [0.29, 0.717) is 5.92 Å². The van der Waals surface area contributed by atoms with Gasteiger partial charge in [0, 0.05) is 24.7 Å². The van der Waals surface area contributed by atoms with Crippen LogP contribution in [0.1, 0.15) is 47.2 Å². The van der Waals surface area contributed by atoms with Crippen LogP contribution in [0.3, 0.4) is 0 Å². The van der Waals surface area contributed by atoms with Gasteiger partial charge in [-0.25, -0.2) is 4.39 Å². The van der Waals surface area contributed by atoms with Crippen LogP contribution in [0.4, 0.5) is 4.39 Å². The molecule has 1 atom stereocenters. The van der Waals surface area contributed by atoms with Crippen molar-refractivity contribution in [2.75, 3.05) is 13.1 Å². The molecule has 0 spiro atoms. The molecule has 3 aromatic rings. The summed E-state index contributed by atoms with van der Waals surface area (Å²) in [5.41, 5.74) is 8.08. The highest BCUT2D eigenvalue weighted by molar-refractivity contribution is 5.70. The van der Waals surface area contributed by atoms with Crippen molar-refractivity contribution < 1.29 is 14.3 Å². The highest BCUT2D eigenvalue weighted by Crippen LogP contribution is 2.33. The van der Waals surface area contributed by atoms with E-state index in [2.05, 4.69) is 55.2 Å². The summed E-state index contributed by atoms with van der Waals surface area (Å²) in [6, 6.07) is 15.8. The van der Waals surface area contributed by atoms with E-state index in [-0.39, 0.29) is 12.4 Å². The van der Waals surface area contributed by atoms with Gasteiger partial charge in [-0.05, 0) is 78.3 Å². The first-order chi connectivity index (χ1) is 15.5. The number of carbonyl (C=O) groups excluding carboxylic acids is 1. The van der Waals surface area contributed by atoms with Gasteiger partial charge in [-0.3, -0.25) is 9.78 Å². The lowest BCUT2D eigenvalue weighted by atomic mass is 9.88. The normalized spacial score (nSPS) is 15.3. The summed E-state index contributed by atoms with van der Waals surface area (Å²) in [4.78, 5) is 16.5. The number of nitrogens with zero attached hydrogens (tertiary/aromatic N) is 2. The van der Waals surface area contributed by atoms with Crippen LogP contribution in [0.25, 0.3) is 11.1 Å². The van der Waals surface area contributed by atoms with Crippen molar-refractivity contribution in [3.8, 4) is 11.1 Å². The number of pyridine rings is 1. The van der Waals surface area contributed by atoms with E-state index in [1.54, 1.807) is 6.07 Å². The average molecular weight is 435 g/mol. The molecule has 4 nitrogen and oxygen atoms in total. The van der Waals surface area contributed by atoms with Crippen LogP contribution in [-0.2, 0) is 17.8 Å². The first-order valence-electron chi connectivity index (χ1n) is 11.1. The number of benzene rings is 2. The SMILES string of the molecule is CCc1c(C)cccc1-c1ccc(C2CCN(C=O)C2)c(CO)c1.Cc1ccc(F)cn1. The third kappa shape index (κ3) is 5.60. The third-order valence-electron chi connectivity index (χ3n) is 6.07. The monoisotopic (exact) mass is 434 g/mol. The molecule has 2 aromatic carbocycles. The van der Waals surface area contributed by atoms with E-state index in [0.717, 1.165) is 49.2 Å². The van der Waals surface area contributed by atoms with Crippen LogP contribution in [0.2, 0.25) is 0 Å². The molecule has 1 fully saturated rings. The van der Waals surface area contributed by atoms with E-state index < -0.39 is 0 Å². The Kier molecular flexibility index (Phi) is 8.12. The largest absolute Gasteiger partial charge is 0.392 e. The molecule has 32 heavy (non-hydrogen) atoms. The van der Waals surface area contributed by atoms with Gasteiger partial charge in [0.05, 0.1) is 12.8 Å². The van der Waals surface area contributed by atoms with Gasteiger partial charge >= 0.3 is 0 Å². The Morgan fingerprint density at radius 3 is 2.59 bits per heavy atom. The van der Waals surface area contributed by atoms with E-state index in [4.69, 9.17) is 0 Å². The van der Waals surface area contributed by atoms with E-state index in [1.807, 2.05) is 11.8 Å². The first kappa shape index (κ1) is 23.6. The average Bonchev–Trinajstić information content (AvgIpc) is 3.30. The Labute approximate surface area is 189 Å². The Bertz CT molecular complexity index is 1030. The van der Waals surface area contributed by atoms with Crippen molar-refractivity contribution in [3.63, 3.8) is 0 Å². The van der Waals surface area contributed by atoms with Gasteiger partial charge in [-0.15, -0.1) is 0 Å².